The van der Waals surface area contributed by atoms with Gasteiger partial charge in [0.1, 0.15) is 5.75 Å². The summed E-state index contributed by atoms with van der Waals surface area (Å²) < 4.78 is 31.4. The lowest BCUT2D eigenvalue weighted by atomic mass is 10.3. The molecule has 5 nitrogen and oxygen atoms in total. The summed E-state index contributed by atoms with van der Waals surface area (Å²) in [4.78, 5) is 0.214. The third-order valence-electron chi connectivity index (χ3n) is 2.32. The van der Waals surface area contributed by atoms with E-state index in [9.17, 15) is 8.42 Å². The zero-order valence-corrected chi connectivity index (χ0v) is 11.8. The SMILES string of the molecule is COc1cccc(S(=O)(=O)NCCNC(C)C)c1. The molecule has 0 aliphatic rings. The number of rotatable bonds is 7. The van der Waals surface area contributed by atoms with Gasteiger partial charge in [-0.25, -0.2) is 13.1 Å². The highest BCUT2D eigenvalue weighted by Crippen LogP contribution is 2.16. The van der Waals surface area contributed by atoms with Gasteiger partial charge in [0.15, 0.2) is 0 Å². The molecule has 1 aromatic carbocycles. The van der Waals surface area contributed by atoms with Gasteiger partial charge in [0.05, 0.1) is 12.0 Å². The fourth-order valence-corrected chi connectivity index (χ4v) is 2.46. The van der Waals surface area contributed by atoms with Crippen LogP contribution in [0.25, 0.3) is 0 Å². The summed E-state index contributed by atoms with van der Waals surface area (Å²) in [6.45, 7) is 4.98. The summed E-state index contributed by atoms with van der Waals surface area (Å²) in [5.74, 6) is 0.526. The molecule has 0 saturated carbocycles. The normalized spacial score (nSPS) is 11.8. The Balaban J connectivity index is 2.62. The van der Waals surface area contributed by atoms with Crippen molar-refractivity contribution in [3.8, 4) is 5.75 Å². The van der Waals surface area contributed by atoms with E-state index in [0.717, 1.165) is 0 Å². The van der Waals surface area contributed by atoms with E-state index in [0.29, 0.717) is 24.9 Å². The molecule has 1 aromatic rings. The van der Waals surface area contributed by atoms with E-state index in [1.165, 1.54) is 13.2 Å². The van der Waals surface area contributed by atoms with Gasteiger partial charge in [-0.1, -0.05) is 19.9 Å². The van der Waals surface area contributed by atoms with Crippen LogP contribution in [-0.4, -0.2) is 34.7 Å². The van der Waals surface area contributed by atoms with Gasteiger partial charge < -0.3 is 10.1 Å². The van der Waals surface area contributed by atoms with Crippen LogP contribution < -0.4 is 14.8 Å². The lowest BCUT2D eigenvalue weighted by Gasteiger charge is -2.10. The van der Waals surface area contributed by atoms with Crippen LogP contribution in [0.1, 0.15) is 13.8 Å². The zero-order valence-electron chi connectivity index (χ0n) is 10.9. The summed E-state index contributed by atoms with van der Waals surface area (Å²) in [5, 5.41) is 3.14. The van der Waals surface area contributed by atoms with Gasteiger partial charge in [0.2, 0.25) is 10.0 Å². The van der Waals surface area contributed by atoms with E-state index in [4.69, 9.17) is 4.74 Å². The first-order chi connectivity index (χ1) is 8.45. The molecule has 0 atom stereocenters. The molecule has 18 heavy (non-hydrogen) atoms. The fourth-order valence-electron chi connectivity index (χ4n) is 1.40. The minimum absolute atomic E-state index is 0.214. The first kappa shape index (κ1) is 14.9. The summed E-state index contributed by atoms with van der Waals surface area (Å²) in [5.41, 5.74) is 0. The molecule has 0 bridgehead atoms. The maximum atomic E-state index is 12.0. The van der Waals surface area contributed by atoms with Gasteiger partial charge in [0, 0.05) is 25.2 Å². The molecule has 0 heterocycles. The Morgan fingerprint density at radius 2 is 2.00 bits per heavy atom. The predicted molar refractivity (Wildman–Crippen MR) is 71.3 cm³/mol. The van der Waals surface area contributed by atoms with Gasteiger partial charge in [0.25, 0.3) is 0 Å². The van der Waals surface area contributed by atoms with Crippen LogP contribution in [-0.2, 0) is 10.0 Å². The van der Waals surface area contributed by atoms with Gasteiger partial charge in [-0.05, 0) is 12.1 Å². The van der Waals surface area contributed by atoms with Crippen molar-refractivity contribution in [2.75, 3.05) is 20.2 Å². The second kappa shape index (κ2) is 6.72. The Bertz CT molecular complexity index is 472. The summed E-state index contributed by atoms with van der Waals surface area (Å²) in [6, 6.07) is 6.74. The number of benzene rings is 1. The van der Waals surface area contributed by atoms with Crippen molar-refractivity contribution in [2.45, 2.75) is 24.8 Å². The van der Waals surface area contributed by atoms with Gasteiger partial charge in [-0.2, -0.15) is 0 Å². The molecule has 2 N–H and O–H groups in total. The van der Waals surface area contributed by atoms with Crippen molar-refractivity contribution in [3.05, 3.63) is 24.3 Å². The summed E-state index contributed by atoms with van der Waals surface area (Å²) in [6.07, 6.45) is 0. The molecule has 0 saturated heterocycles. The second-order valence-electron chi connectivity index (χ2n) is 4.19. The standard InChI is InChI=1S/C12H20N2O3S/c1-10(2)13-7-8-14-18(15,16)12-6-4-5-11(9-12)17-3/h4-6,9-10,13-14H,7-8H2,1-3H3. The minimum Gasteiger partial charge on any atom is -0.497 e. The van der Waals surface area contributed by atoms with Crippen molar-refractivity contribution < 1.29 is 13.2 Å². The maximum absolute atomic E-state index is 12.0. The smallest absolute Gasteiger partial charge is 0.240 e. The molecular weight excluding hydrogens is 252 g/mol. The van der Waals surface area contributed by atoms with Gasteiger partial charge in [-0.3, -0.25) is 0 Å². The summed E-state index contributed by atoms with van der Waals surface area (Å²) >= 11 is 0. The van der Waals surface area contributed by atoms with E-state index in [1.807, 2.05) is 13.8 Å². The third-order valence-corrected chi connectivity index (χ3v) is 3.78. The van der Waals surface area contributed by atoms with E-state index < -0.39 is 10.0 Å². The molecule has 0 unspecified atom stereocenters. The lowest BCUT2D eigenvalue weighted by molar-refractivity contribution is 0.413. The Morgan fingerprint density at radius 3 is 2.61 bits per heavy atom. The van der Waals surface area contributed by atoms with Crippen molar-refractivity contribution in [2.24, 2.45) is 0 Å². The molecular formula is C12H20N2O3S. The number of nitrogens with one attached hydrogen (secondary N) is 2. The topological polar surface area (TPSA) is 67.4 Å². The fraction of sp³-hybridized carbons (Fsp3) is 0.500. The Morgan fingerprint density at radius 1 is 1.28 bits per heavy atom. The van der Waals surface area contributed by atoms with Crippen LogP contribution in [0.4, 0.5) is 0 Å². The van der Waals surface area contributed by atoms with Crippen LogP contribution in [0.2, 0.25) is 0 Å². The molecule has 6 heteroatoms. The van der Waals surface area contributed by atoms with E-state index in [-0.39, 0.29) is 4.90 Å². The third kappa shape index (κ3) is 4.64. The van der Waals surface area contributed by atoms with Crippen molar-refractivity contribution in [3.63, 3.8) is 0 Å². The Kier molecular flexibility index (Phi) is 5.58. The number of hydrogen-bond donors (Lipinski definition) is 2. The van der Waals surface area contributed by atoms with Crippen LogP contribution in [0.5, 0.6) is 5.75 Å². The molecule has 0 radical (unpaired) electrons. The average Bonchev–Trinajstić information content (AvgIpc) is 2.34. The van der Waals surface area contributed by atoms with Crippen LogP contribution in [0.15, 0.2) is 29.2 Å². The van der Waals surface area contributed by atoms with E-state index >= 15 is 0 Å². The van der Waals surface area contributed by atoms with E-state index in [2.05, 4.69) is 10.0 Å². The van der Waals surface area contributed by atoms with Crippen molar-refractivity contribution in [1.29, 1.82) is 0 Å². The number of ether oxygens (including phenoxy) is 1. The van der Waals surface area contributed by atoms with Crippen molar-refractivity contribution in [1.82, 2.24) is 10.0 Å². The molecule has 0 spiro atoms. The van der Waals surface area contributed by atoms with Crippen LogP contribution in [0.3, 0.4) is 0 Å². The minimum atomic E-state index is -3.46. The van der Waals surface area contributed by atoms with E-state index in [1.54, 1.807) is 18.2 Å². The molecule has 0 aliphatic heterocycles. The quantitative estimate of drug-likeness (QED) is 0.726. The van der Waals surface area contributed by atoms with Gasteiger partial charge >= 0.3 is 0 Å². The van der Waals surface area contributed by atoms with Crippen LogP contribution >= 0.6 is 0 Å². The first-order valence-electron chi connectivity index (χ1n) is 5.83. The number of methoxy groups -OCH3 is 1. The molecule has 1 rings (SSSR count). The molecule has 0 aliphatic carbocycles. The largest absolute Gasteiger partial charge is 0.497 e. The van der Waals surface area contributed by atoms with Crippen LogP contribution in [0, 0.1) is 0 Å². The monoisotopic (exact) mass is 272 g/mol. The zero-order chi connectivity index (χ0) is 13.6. The molecule has 102 valence electrons. The maximum Gasteiger partial charge on any atom is 0.240 e. The van der Waals surface area contributed by atoms with Gasteiger partial charge in [-0.15, -0.1) is 0 Å². The predicted octanol–water partition coefficient (Wildman–Crippen LogP) is 0.971. The average molecular weight is 272 g/mol. The Hall–Kier alpha value is -1.11. The van der Waals surface area contributed by atoms with Crippen molar-refractivity contribution >= 4 is 10.0 Å². The highest BCUT2D eigenvalue weighted by Gasteiger charge is 2.13. The molecule has 0 fully saturated rings. The highest BCUT2D eigenvalue weighted by atomic mass is 32.2. The Labute approximate surface area is 109 Å². The number of sulfonamides is 1. The highest BCUT2D eigenvalue weighted by molar-refractivity contribution is 7.89. The lowest BCUT2D eigenvalue weighted by Crippen LogP contribution is -2.34. The molecule has 0 amide bonds. The first-order valence-corrected chi connectivity index (χ1v) is 7.31. The summed E-state index contributed by atoms with van der Waals surface area (Å²) in [7, 11) is -1.96. The second-order valence-corrected chi connectivity index (χ2v) is 5.95. The molecule has 0 aromatic heterocycles. The number of hydrogen-bond acceptors (Lipinski definition) is 4.